The molecule has 126 valence electrons. The minimum atomic E-state index is -0.339. The molecule has 0 unspecified atom stereocenters. The van der Waals surface area contributed by atoms with Crippen LogP contribution in [0.1, 0.15) is 29.9 Å². The molecule has 1 amide bonds. The molecule has 0 radical (unpaired) electrons. The molecule has 2 aromatic carbocycles. The molecule has 4 nitrogen and oxygen atoms in total. The Kier molecular flexibility index (Phi) is 4.34. The minimum absolute atomic E-state index is 0.0385. The predicted molar refractivity (Wildman–Crippen MR) is 98.3 cm³/mol. The van der Waals surface area contributed by atoms with Gasteiger partial charge in [0.25, 0.3) is 0 Å². The van der Waals surface area contributed by atoms with Gasteiger partial charge in [-0.15, -0.1) is 0 Å². The molecule has 1 fully saturated rings. The molecule has 1 N–H and O–H groups in total. The maximum atomic E-state index is 13.0. The highest BCUT2D eigenvalue weighted by Crippen LogP contribution is 2.31. The summed E-state index contributed by atoms with van der Waals surface area (Å²) in [4.78, 5) is 13.0. The van der Waals surface area contributed by atoms with Gasteiger partial charge in [-0.2, -0.15) is 5.10 Å². The minimum Gasteiger partial charge on any atom is -0.323 e. The molecule has 25 heavy (non-hydrogen) atoms. The molecular formula is C21H21N3O. The van der Waals surface area contributed by atoms with Crippen LogP contribution < -0.4 is 5.32 Å². The lowest BCUT2D eigenvalue weighted by Gasteiger charge is -2.17. The summed E-state index contributed by atoms with van der Waals surface area (Å²) in [5, 5.41) is 7.39. The van der Waals surface area contributed by atoms with E-state index in [1.54, 1.807) is 6.20 Å². The van der Waals surface area contributed by atoms with Crippen LogP contribution >= 0.6 is 0 Å². The highest BCUT2D eigenvalue weighted by molar-refractivity contribution is 5.98. The number of anilines is 1. The molecule has 0 spiro atoms. The molecule has 1 heterocycles. The number of nitrogens with one attached hydrogen (secondary N) is 1. The Bertz CT molecular complexity index is 798. The van der Waals surface area contributed by atoms with Crippen LogP contribution in [-0.2, 0) is 11.3 Å². The SMILES string of the molecule is O=C(Nc1cnn(CC2CC2)c1)C(c1ccccc1)c1ccccc1. The summed E-state index contributed by atoms with van der Waals surface area (Å²) >= 11 is 0. The number of benzene rings is 2. The molecule has 1 aliphatic carbocycles. The number of aromatic nitrogens is 2. The molecule has 4 heteroatoms. The fourth-order valence-electron chi connectivity index (χ4n) is 3.09. The molecule has 4 rings (SSSR count). The van der Waals surface area contributed by atoms with Crippen LogP contribution in [0.3, 0.4) is 0 Å². The Balaban J connectivity index is 1.56. The van der Waals surface area contributed by atoms with Crippen molar-refractivity contribution in [1.29, 1.82) is 0 Å². The van der Waals surface area contributed by atoms with E-state index in [0.29, 0.717) is 0 Å². The van der Waals surface area contributed by atoms with E-state index < -0.39 is 0 Å². The van der Waals surface area contributed by atoms with Crippen molar-refractivity contribution in [1.82, 2.24) is 9.78 Å². The molecule has 1 aromatic heterocycles. The molecule has 0 aliphatic heterocycles. The lowest BCUT2D eigenvalue weighted by Crippen LogP contribution is -2.22. The van der Waals surface area contributed by atoms with Gasteiger partial charge in [0.2, 0.25) is 5.91 Å². The van der Waals surface area contributed by atoms with E-state index >= 15 is 0 Å². The molecular weight excluding hydrogens is 310 g/mol. The van der Waals surface area contributed by atoms with Crippen molar-refractivity contribution in [2.45, 2.75) is 25.3 Å². The number of carbonyl (C=O) groups is 1. The van der Waals surface area contributed by atoms with Crippen molar-refractivity contribution in [3.8, 4) is 0 Å². The standard InChI is InChI=1S/C21H21N3O/c25-21(23-19-13-22-24(15-19)14-16-11-12-16)20(17-7-3-1-4-8-17)18-9-5-2-6-10-18/h1-10,13,15-16,20H,11-12,14H2,(H,23,25). The van der Waals surface area contributed by atoms with Crippen LogP contribution in [0.4, 0.5) is 5.69 Å². The summed E-state index contributed by atoms with van der Waals surface area (Å²) in [5.74, 6) is 0.377. The van der Waals surface area contributed by atoms with Crippen molar-refractivity contribution in [3.05, 3.63) is 84.2 Å². The normalized spacial score (nSPS) is 13.8. The number of hydrogen-bond acceptors (Lipinski definition) is 2. The van der Waals surface area contributed by atoms with Crippen LogP contribution in [0.15, 0.2) is 73.1 Å². The maximum absolute atomic E-state index is 13.0. The zero-order valence-electron chi connectivity index (χ0n) is 14.0. The first kappa shape index (κ1) is 15.6. The first-order valence-corrected chi connectivity index (χ1v) is 8.73. The number of hydrogen-bond donors (Lipinski definition) is 1. The van der Waals surface area contributed by atoms with Crippen molar-refractivity contribution in [3.63, 3.8) is 0 Å². The van der Waals surface area contributed by atoms with Crippen LogP contribution in [0.25, 0.3) is 0 Å². The Hall–Kier alpha value is -2.88. The summed E-state index contributed by atoms with van der Waals surface area (Å²) < 4.78 is 1.92. The Morgan fingerprint density at radius 3 is 2.20 bits per heavy atom. The number of amides is 1. The third kappa shape index (κ3) is 3.79. The molecule has 1 aliphatic rings. The third-order valence-corrected chi connectivity index (χ3v) is 4.57. The van der Waals surface area contributed by atoms with Gasteiger partial charge in [-0.25, -0.2) is 0 Å². The second-order valence-corrected chi connectivity index (χ2v) is 6.64. The first-order valence-electron chi connectivity index (χ1n) is 8.73. The van der Waals surface area contributed by atoms with E-state index in [2.05, 4.69) is 10.4 Å². The predicted octanol–water partition coefficient (Wildman–Crippen LogP) is 4.06. The lowest BCUT2D eigenvalue weighted by atomic mass is 9.90. The van der Waals surface area contributed by atoms with Crippen molar-refractivity contribution >= 4 is 11.6 Å². The van der Waals surface area contributed by atoms with Gasteiger partial charge in [-0.3, -0.25) is 9.48 Å². The van der Waals surface area contributed by atoms with E-state index in [0.717, 1.165) is 29.3 Å². The van der Waals surface area contributed by atoms with Gasteiger partial charge >= 0.3 is 0 Å². The smallest absolute Gasteiger partial charge is 0.236 e. The van der Waals surface area contributed by atoms with E-state index in [-0.39, 0.29) is 11.8 Å². The molecule has 1 saturated carbocycles. The molecule has 0 atom stereocenters. The van der Waals surface area contributed by atoms with Crippen LogP contribution in [-0.4, -0.2) is 15.7 Å². The van der Waals surface area contributed by atoms with E-state index in [4.69, 9.17) is 0 Å². The topological polar surface area (TPSA) is 46.9 Å². The summed E-state index contributed by atoms with van der Waals surface area (Å²) in [6.45, 7) is 0.941. The number of rotatable bonds is 6. The van der Waals surface area contributed by atoms with Crippen molar-refractivity contribution < 1.29 is 4.79 Å². The Morgan fingerprint density at radius 2 is 1.64 bits per heavy atom. The van der Waals surface area contributed by atoms with Gasteiger partial charge in [0, 0.05) is 12.7 Å². The van der Waals surface area contributed by atoms with Gasteiger partial charge in [-0.1, -0.05) is 60.7 Å². The number of carbonyl (C=O) groups excluding carboxylic acids is 1. The fourth-order valence-corrected chi connectivity index (χ4v) is 3.09. The Morgan fingerprint density at radius 1 is 1.04 bits per heavy atom. The first-order chi connectivity index (χ1) is 12.3. The molecule has 3 aromatic rings. The fraction of sp³-hybridized carbons (Fsp3) is 0.238. The summed E-state index contributed by atoms with van der Waals surface area (Å²) in [6.07, 6.45) is 6.22. The second kappa shape index (κ2) is 6.93. The second-order valence-electron chi connectivity index (χ2n) is 6.64. The summed E-state index contributed by atoms with van der Waals surface area (Å²) in [7, 11) is 0. The zero-order valence-corrected chi connectivity index (χ0v) is 14.0. The van der Waals surface area contributed by atoms with Crippen LogP contribution in [0.2, 0.25) is 0 Å². The molecule has 0 saturated heterocycles. The third-order valence-electron chi connectivity index (χ3n) is 4.57. The average molecular weight is 331 g/mol. The van der Waals surface area contributed by atoms with E-state index in [1.165, 1.54) is 12.8 Å². The van der Waals surface area contributed by atoms with Crippen molar-refractivity contribution in [2.24, 2.45) is 5.92 Å². The van der Waals surface area contributed by atoms with Gasteiger partial charge < -0.3 is 5.32 Å². The maximum Gasteiger partial charge on any atom is 0.236 e. The average Bonchev–Trinajstić information content (AvgIpc) is 3.35. The zero-order chi connectivity index (χ0) is 17.1. The monoisotopic (exact) mass is 331 g/mol. The highest BCUT2D eigenvalue weighted by atomic mass is 16.1. The van der Waals surface area contributed by atoms with Crippen LogP contribution in [0.5, 0.6) is 0 Å². The summed E-state index contributed by atoms with van der Waals surface area (Å²) in [5.41, 5.74) is 2.72. The van der Waals surface area contributed by atoms with Crippen molar-refractivity contribution in [2.75, 3.05) is 5.32 Å². The van der Waals surface area contributed by atoms with Gasteiger partial charge in [-0.05, 0) is 29.9 Å². The number of nitrogens with zero attached hydrogens (tertiary/aromatic N) is 2. The molecule has 0 bridgehead atoms. The highest BCUT2D eigenvalue weighted by Gasteiger charge is 2.24. The quantitative estimate of drug-likeness (QED) is 0.740. The lowest BCUT2D eigenvalue weighted by molar-refractivity contribution is -0.116. The van der Waals surface area contributed by atoms with Gasteiger partial charge in [0.15, 0.2) is 0 Å². The van der Waals surface area contributed by atoms with Gasteiger partial charge in [0.05, 0.1) is 17.8 Å². The Labute approximate surface area is 147 Å². The van der Waals surface area contributed by atoms with Crippen LogP contribution in [0, 0.1) is 5.92 Å². The van der Waals surface area contributed by atoms with E-state index in [1.807, 2.05) is 71.5 Å². The summed E-state index contributed by atoms with van der Waals surface area (Å²) in [6, 6.07) is 19.8. The largest absolute Gasteiger partial charge is 0.323 e. The van der Waals surface area contributed by atoms with Gasteiger partial charge in [0.1, 0.15) is 0 Å². The van der Waals surface area contributed by atoms with E-state index in [9.17, 15) is 4.79 Å².